The van der Waals surface area contributed by atoms with Crippen molar-refractivity contribution in [2.45, 2.75) is 59.4 Å². The summed E-state index contributed by atoms with van der Waals surface area (Å²) in [6, 6.07) is -1.10. The molecule has 162 valence electrons. The van der Waals surface area contributed by atoms with Crippen LogP contribution in [0.1, 0.15) is 71.6 Å². The van der Waals surface area contributed by atoms with Crippen LogP contribution in [0.4, 0.5) is 4.79 Å². The molecule has 9 nitrogen and oxygen atoms in total. The molecule has 3 rings (SSSR count). The Kier molecular flexibility index (Phi) is 6.09. The van der Waals surface area contributed by atoms with Gasteiger partial charge in [-0.1, -0.05) is 19.8 Å². The molecular weight excluding hydrogens is 390 g/mol. The van der Waals surface area contributed by atoms with Gasteiger partial charge >= 0.3 is 23.8 Å². The van der Waals surface area contributed by atoms with Crippen molar-refractivity contribution in [3.63, 3.8) is 0 Å². The normalized spacial score (nSPS) is 22.1. The lowest BCUT2D eigenvalue weighted by Crippen LogP contribution is -2.46. The molecule has 2 aliphatic rings. The fourth-order valence-corrected chi connectivity index (χ4v) is 4.45. The van der Waals surface area contributed by atoms with Crippen molar-refractivity contribution in [1.29, 1.82) is 0 Å². The zero-order valence-electron chi connectivity index (χ0n) is 17.7. The number of nitrogens with one attached hydrogen (secondary N) is 1. The summed E-state index contributed by atoms with van der Waals surface area (Å²) in [6.45, 7) is 6.41. The molecule has 0 bridgehead atoms. The number of aryl methyl sites for hydroxylation is 2. The van der Waals surface area contributed by atoms with Gasteiger partial charge in [-0.15, -0.1) is 0 Å². The molecule has 1 aliphatic carbocycles. The number of aromatic amines is 1. The summed E-state index contributed by atoms with van der Waals surface area (Å²) < 4.78 is 5.03. The van der Waals surface area contributed by atoms with Gasteiger partial charge in [-0.25, -0.2) is 14.5 Å². The van der Waals surface area contributed by atoms with Crippen molar-refractivity contribution in [2.75, 3.05) is 13.2 Å². The lowest BCUT2D eigenvalue weighted by atomic mass is 9.85. The summed E-state index contributed by atoms with van der Waals surface area (Å²) in [7, 11) is 0. The third kappa shape index (κ3) is 3.64. The second kappa shape index (κ2) is 8.41. The van der Waals surface area contributed by atoms with Crippen molar-refractivity contribution < 1.29 is 28.7 Å². The maximum Gasteiger partial charge on any atom is 0.340 e. The molecule has 30 heavy (non-hydrogen) atoms. The van der Waals surface area contributed by atoms with Gasteiger partial charge < -0.3 is 9.72 Å². The number of ether oxygens (including phenoxy) is 1. The summed E-state index contributed by atoms with van der Waals surface area (Å²) >= 11 is 0. The molecule has 0 radical (unpaired) electrons. The van der Waals surface area contributed by atoms with Crippen LogP contribution in [-0.2, 0) is 14.3 Å². The van der Waals surface area contributed by atoms with Crippen LogP contribution in [-0.4, -0.2) is 63.6 Å². The number of nitrogens with zero attached hydrogens (tertiary/aromatic N) is 2. The third-order valence-corrected chi connectivity index (χ3v) is 5.92. The lowest BCUT2D eigenvalue weighted by Gasteiger charge is -2.34. The van der Waals surface area contributed by atoms with Gasteiger partial charge in [0.1, 0.15) is 0 Å². The zero-order valence-corrected chi connectivity index (χ0v) is 17.7. The number of carbonyl (C=O) groups is 5. The summed E-state index contributed by atoms with van der Waals surface area (Å²) in [5, 5.41) is 0. The van der Waals surface area contributed by atoms with E-state index in [1.54, 1.807) is 20.8 Å². The SMILES string of the molecule is CCOC(=O)c1c(C)[nH]c(C)c1C(=O)CN1C(=O)C(=O)N([C@@H]2CCCC[C@@H]2C)C1=O. The van der Waals surface area contributed by atoms with Gasteiger partial charge in [-0.2, -0.15) is 0 Å². The fraction of sp³-hybridized carbons (Fsp3) is 0.571. The maximum atomic E-state index is 13.0. The van der Waals surface area contributed by atoms with Gasteiger partial charge in [0, 0.05) is 17.4 Å². The van der Waals surface area contributed by atoms with Crippen molar-refractivity contribution in [3.8, 4) is 0 Å². The number of urea groups is 1. The molecule has 0 aromatic carbocycles. The number of hydrogen-bond donors (Lipinski definition) is 1. The molecule has 1 aromatic heterocycles. The molecule has 2 heterocycles. The molecule has 2 atom stereocenters. The topological polar surface area (TPSA) is 117 Å². The molecule has 1 N–H and O–H groups in total. The van der Waals surface area contributed by atoms with E-state index < -0.39 is 36.1 Å². The van der Waals surface area contributed by atoms with Gasteiger partial charge in [0.25, 0.3) is 0 Å². The number of Topliss-reactive ketones (excluding diaryl/α,β-unsaturated/α-hetero) is 1. The Balaban J connectivity index is 1.86. The summed E-state index contributed by atoms with van der Waals surface area (Å²) in [6.07, 6.45) is 3.42. The van der Waals surface area contributed by atoms with Crippen LogP contribution in [0.2, 0.25) is 0 Å². The number of rotatable bonds is 6. The van der Waals surface area contributed by atoms with Gasteiger partial charge in [-0.05, 0) is 39.5 Å². The Bertz CT molecular complexity index is 918. The second-order valence-corrected chi connectivity index (χ2v) is 7.95. The van der Waals surface area contributed by atoms with E-state index in [4.69, 9.17) is 4.74 Å². The number of ketones is 1. The van der Waals surface area contributed by atoms with E-state index in [0.29, 0.717) is 22.7 Å². The Morgan fingerprint density at radius 1 is 1.03 bits per heavy atom. The number of hydrogen-bond acceptors (Lipinski definition) is 6. The molecular formula is C21H27N3O6. The number of esters is 1. The van der Waals surface area contributed by atoms with Crippen LogP contribution < -0.4 is 0 Å². The highest BCUT2D eigenvalue weighted by atomic mass is 16.5. The van der Waals surface area contributed by atoms with Crippen LogP contribution in [0, 0.1) is 19.8 Å². The molecule has 9 heteroatoms. The van der Waals surface area contributed by atoms with E-state index >= 15 is 0 Å². The minimum absolute atomic E-state index is 0.0727. The van der Waals surface area contributed by atoms with Crippen molar-refractivity contribution in [2.24, 2.45) is 5.92 Å². The first-order valence-electron chi connectivity index (χ1n) is 10.3. The zero-order chi connectivity index (χ0) is 22.2. The van der Waals surface area contributed by atoms with Crippen molar-refractivity contribution in [3.05, 3.63) is 22.5 Å². The molecule has 0 spiro atoms. The van der Waals surface area contributed by atoms with Crippen molar-refractivity contribution >= 4 is 29.6 Å². The monoisotopic (exact) mass is 417 g/mol. The highest BCUT2D eigenvalue weighted by Gasteiger charge is 2.49. The molecule has 0 unspecified atom stereocenters. The van der Waals surface area contributed by atoms with E-state index in [1.807, 2.05) is 6.92 Å². The van der Waals surface area contributed by atoms with Gasteiger partial charge in [0.05, 0.1) is 24.3 Å². The number of H-pyrrole nitrogens is 1. The van der Waals surface area contributed by atoms with Gasteiger partial charge in [0.2, 0.25) is 0 Å². The molecule has 4 amide bonds. The quantitative estimate of drug-likeness (QED) is 0.329. The molecule has 2 fully saturated rings. The average Bonchev–Trinajstić information content (AvgIpc) is 3.10. The largest absolute Gasteiger partial charge is 0.462 e. The van der Waals surface area contributed by atoms with Crippen LogP contribution in [0.5, 0.6) is 0 Å². The van der Waals surface area contributed by atoms with Gasteiger partial charge in [0.15, 0.2) is 5.78 Å². The highest BCUT2D eigenvalue weighted by molar-refractivity contribution is 6.45. The number of amides is 4. The summed E-state index contributed by atoms with van der Waals surface area (Å²) in [4.78, 5) is 67.9. The first-order valence-corrected chi connectivity index (χ1v) is 10.3. The van der Waals surface area contributed by atoms with E-state index in [-0.39, 0.29) is 29.7 Å². The Morgan fingerprint density at radius 2 is 1.67 bits per heavy atom. The van der Waals surface area contributed by atoms with Crippen LogP contribution in [0.15, 0.2) is 0 Å². The van der Waals surface area contributed by atoms with E-state index in [0.717, 1.165) is 24.2 Å². The predicted molar refractivity (Wildman–Crippen MR) is 106 cm³/mol. The van der Waals surface area contributed by atoms with E-state index in [9.17, 15) is 24.0 Å². The van der Waals surface area contributed by atoms with Gasteiger partial charge in [-0.3, -0.25) is 19.3 Å². The van der Waals surface area contributed by atoms with E-state index in [1.165, 1.54) is 0 Å². The number of carbonyl (C=O) groups excluding carboxylic acids is 5. The molecule has 1 aromatic rings. The molecule has 1 saturated carbocycles. The van der Waals surface area contributed by atoms with Crippen LogP contribution in [0.25, 0.3) is 0 Å². The van der Waals surface area contributed by atoms with E-state index in [2.05, 4.69) is 4.98 Å². The molecule has 1 saturated heterocycles. The first kappa shape index (κ1) is 21.7. The maximum absolute atomic E-state index is 13.0. The lowest BCUT2D eigenvalue weighted by molar-refractivity contribution is -0.144. The minimum Gasteiger partial charge on any atom is -0.462 e. The summed E-state index contributed by atoms with van der Waals surface area (Å²) in [5.74, 6) is -3.06. The smallest absolute Gasteiger partial charge is 0.340 e. The second-order valence-electron chi connectivity index (χ2n) is 7.95. The summed E-state index contributed by atoms with van der Waals surface area (Å²) in [5.41, 5.74) is 1.05. The average molecular weight is 417 g/mol. The third-order valence-electron chi connectivity index (χ3n) is 5.92. The van der Waals surface area contributed by atoms with Crippen LogP contribution in [0.3, 0.4) is 0 Å². The first-order chi connectivity index (χ1) is 14.2. The standard InChI is InChI=1S/C21H27N3O6/c1-5-30-20(28)17-13(4)22-12(3)16(17)15(25)10-23-18(26)19(27)24(21(23)29)14-9-7-6-8-11(14)2/h11,14,22H,5-10H2,1-4H3/t11-,14+/m0/s1. The number of imide groups is 2. The molecule has 1 aliphatic heterocycles. The number of aromatic nitrogens is 1. The predicted octanol–water partition coefficient (Wildman–Crippen LogP) is 2.36. The Labute approximate surface area is 174 Å². The highest BCUT2D eigenvalue weighted by Crippen LogP contribution is 2.31. The van der Waals surface area contributed by atoms with Crippen LogP contribution >= 0.6 is 0 Å². The fourth-order valence-electron chi connectivity index (χ4n) is 4.45. The Morgan fingerprint density at radius 3 is 2.30 bits per heavy atom. The minimum atomic E-state index is -1.01. The van der Waals surface area contributed by atoms with Crippen molar-refractivity contribution in [1.82, 2.24) is 14.8 Å². The Hall–Kier alpha value is -2.97.